The lowest BCUT2D eigenvalue weighted by Crippen LogP contribution is -2.37. The van der Waals surface area contributed by atoms with E-state index in [0.29, 0.717) is 28.5 Å². The van der Waals surface area contributed by atoms with Gasteiger partial charge in [0, 0.05) is 11.8 Å². The molecule has 3 aromatic rings. The molecule has 0 spiro atoms. The molecule has 2 aromatic carbocycles. The Balaban J connectivity index is 1.40. The fourth-order valence-corrected chi connectivity index (χ4v) is 2.57. The van der Waals surface area contributed by atoms with Crippen LogP contribution in [0, 0.1) is 0 Å². The summed E-state index contributed by atoms with van der Waals surface area (Å²) in [6.07, 6.45) is 2.84. The van der Waals surface area contributed by atoms with Crippen LogP contribution in [-0.2, 0) is 20.9 Å². The minimum atomic E-state index is -0.903. The number of amides is 3. The summed E-state index contributed by atoms with van der Waals surface area (Å²) in [4.78, 5) is 35.5. The van der Waals surface area contributed by atoms with Crippen LogP contribution in [0.1, 0.15) is 11.3 Å². The lowest BCUT2D eigenvalue weighted by molar-refractivity contribution is -0.139. The van der Waals surface area contributed by atoms with E-state index in [4.69, 9.17) is 13.9 Å². The molecule has 0 radical (unpaired) electrons. The van der Waals surface area contributed by atoms with Crippen molar-refractivity contribution in [2.75, 3.05) is 19.0 Å². The van der Waals surface area contributed by atoms with Gasteiger partial charge in [0.15, 0.2) is 6.61 Å². The molecular weight excluding hydrogens is 428 g/mol. The zero-order valence-electron chi connectivity index (χ0n) is 17.7. The van der Waals surface area contributed by atoms with E-state index in [0.717, 1.165) is 0 Å². The number of hydrazone groups is 1. The maximum absolute atomic E-state index is 12.0. The van der Waals surface area contributed by atoms with E-state index in [-0.39, 0.29) is 19.1 Å². The number of methoxy groups -OCH3 is 1. The minimum absolute atomic E-state index is 0.0992. The van der Waals surface area contributed by atoms with Gasteiger partial charge < -0.3 is 24.5 Å². The van der Waals surface area contributed by atoms with E-state index in [2.05, 4.69) is 21.2 Å². The average molecular weight is 450 g/mol. The average Bonchev–Trinajstić information content (AvgIpc) is 3.36. The molecule has 170 valence electrons. The number of carbonyl (C=O) groups excluding carboxylic acids is 3. The molecule has 0 saturated carbocycles. The number of furan rings is 1. The quantitative estimate of drug-likeness (QED) is 0.260. The summed E-state index contributed by atoms with van der Waals surface area (Å²) < 4.78 is 15.6. The number of hydrogen-bond acceptors (Lipinski definition) is 7. The second-order valence-electron chi connectivity index (χ2n) is 6.60. The molecule has 1 aromatic heterocycles. The standard InChI is InChI=1S/C23H22N4O6/c1-31-19-5-2-4-17(12-19)26-21(28)15-33-18-9-7-16(8-10-18)13-25-27-23(30)22(29)24-14-20-6-3-11-32-20/h2-13H,14-15H2,1H3,(H,24,29)(H,26,28)(H,27,30)/b25-13-. The Morgan fingerprint density at radius 1 is 1.00 bits per heavy atom. The number of nitrogens with one attached hydrogen (secondary N) is 3. The largest absolute Gasteiger partial charge is 0.497 e. The predicted octanol–water partition coefficient (Wildman–Crippen LogP) is 2.07. The SMILES string of the molecule is COc1cccc(NC(=O)COc2ccc(/C=N\NC(=O)C(=O)NCc3ccco3)cc2)c1. The lowest BCUT2D eigenvalue weighted by atomic mass is 10.2. The molecule has 3 amide bonds. The summed E-state index contributed by atoms with van der Waals surface area (Å²) in [7, 11) is 1.55. The van der Waals surface area contributed by atoms with Crippen molar-refractivity contribution in [1.29, 1.82) is 0 Å². The van der Waals surface area contributed by atoms with E-state index in [1.165, 1.54) is 12.5 Å². The van der Waals surface area contributed by atoms with Crippen molar-refractivity contribution in [3.8, 4) is 11.5 Å². The Morgan fingerprint density at radius 2 is 1.82 bits per heavy atom. The molecule has 33 heavy (non-hydrogen) atoms. The molecule has 0 aliphatic carbocycles. The summed E-state index contributed by atoms with van der Waals surface area (Å²) >= 11 is 0. The van der Waals surface area contributed by atoms with E-state index < -0.39 is 11.8 Å². The highest BCUT2D eigenvalue weighted by Crippen LogP contribution is 2.17. The number of carbonyl (C=O) groups is 3. The number of nitrogens with zero attached hydrogens (tertiary/aromatic N) is 1. The van der Waals surface area contributed by atoms with E-state index in [9.17, 15) is 14.4 Å². The summed E-state index contributed by atoms with van der Waals surface area (Å²) in [6, 6.07) is 17.0. The fraction of sp³-hybridized carbons (Fsp3) is 0.130. The van der Waals surface area contributed by atoms with Crippen LogP contribution < -0.4 is 25.5 Å². The molecule has 3 N–H and O–H groups in total. The molecule has 10 heteroatoms. The van der Waals surface area contributed by atoms with Gasteiger partial charge in [0.05, 0.1) is 26.1 Å². The number of benzene rings is 2. The number of anilines is 1. The molecule has 0 aliphatic heterocycles. The van der Waals surface area contributed by atoms with Crippen LogP contribution in [0.25, 0.3) is 0 Å². The first-order valence-corrected chi connectivity index (χ1v) is 9.84. The zero-order valence-corrected chi connectivity index (χ0v) is 17.7. The van der Waals surface area contributed by atoms with Crippen molar-refractivity contribution in [2.45, 2.75) is 6.54 Å². The molecule has 10 nitrogen and oxygen atoms in total. The second-order valence-corrected chi connectivity index (χ2v) is 6.60. The highest BCUT2D eigenvalue weighted by Gasteiger charge is 2.12. The Labute approximate surface area is 189 Å². The Hall–Kier alpha value is -4.60. The summed E-state index contributed by atoms with van der Waals surface area (Å²) in [6.45, 7) is -0.0736. The van der Waals surface area contributed by atoms with Gasteiger partial charge >= 0.3 is 11.8 Å². The van der Waals surface area contributed by atoms with Gasteiger partial charge in [-0.2, -0.15) is 5.10 Å². The summed E-state index contributed by atoms with van der Waals surface area (Å²) in [5.41, 5.74) is 3.40. The summed E-state index contributed by atoms with van der Waals surface area (Å²) in [5.74, 6) is -0.410. The maximum atomic E-state index is 12.0. The smallest absolute Gasteiger partial charge is 0.329 e. The van der Waals surface area contributed by atoms with Gasteiger partial charge in [-0.15, -0.1) is 0 Å². The van der Waals surface area contributed by atoms with Gasteiger partial charge in [-0.25, -0.2) is 5.43 Å². The molecule has 0 unspecified atom stereocenters. The Morgan fingerprint density at radius 3 is 2.55 bits per heavy atom. The van der Waals surface area contributed by atoms with Crippen molar-refractivity contribution in [2.24, 2.45) is 5.10 Å². The molecule has 0 bridgehead atoms. The fourth-order valence-electron chi connectivity index (χ4n) is 2.57. The van der Waals surface area contributed by atoms with Gasteiger partial charge in [-0.3, -0.25) is 14.4 Å². The Bertz CT molecular complexity index is 1110. The minimum Gasteiger partial charge on any atom is -0.497 e. The molecule has 0 fully saturated rings. The van der Waals surface area contributed by atoms with E-state index >= 15 is 0 Å². The molecule has 3 rings (SSSR count). The van der Waals surface area contributed by atoms with Gasteiger partial charge in [0.1, 0.15) is 17.3 Å². The van der Waals surface area contributed by atoms with Crippen molar-refractivity contribution in [3.63, 3.8) is 0 Å². The first-order valence-electron chi connectivity index (χ1n) is 9.84. The second kappa shape index (κ2) is 11.7. The first kappa shape index (κ1) is 23.1. The topological polar surface area (TPSA) is 131 Å². The van der Waals surface area contributed by atoms with E-state index in [1.807, 2.05) is 0 Å². The van der Waals surface area contributed by atoms with Crippen molar-refractivity contribution in [1.82, 2.24) is 10.7 Å². The monoisotopic (exact) mass is 450 g/mol. The number of ether oxygens (including phenoxy) is 2. The maximum Gasteiger partial charge on any atom is 0.329 e. The van der Waals surface area contributed by atoms with Gasteiger partial charge in [0.25, 0.3) is 5.91 Å². The molecule has 0 aliphatic rings. The highest BCUT2D eigenvalue weighted by molar-refractivity contribution is 6.35. The van der Waals surface area contributed by atoms with E-state index in [1.54, 1.807) is 67.8 Å². The number of hydrogen-bond donors (Lipinski definition) is 3. The van der Waals surface area contributed by atoms with Crippen molar-refractivity contribution in [3.05, 3.63) is 78.3 Å². The van der Waals surface area contributed by atoms with Gasteiger partial charge in [0.2, 0.25) is 0 Å². The van der Waals surface area contributed by atoms with Crippen LogP contribution in [-0.4, -0.2) is 37.7 Å². The van der Waals surface area contributed by atoms with Crippen LogP contribution in [0.2, 0.25) is 0 Å². The van der Waals surface area contributed by atoms with Crippen LogP contribution in [0.15, 0.2) is 76.4 Å². The third-order valence-corrected chi connectivity index (χ3v) is 4.19. The van der Waals surface area contributed by atoms with Crippen LogP contribution in [0.5, 0.6) is 11.5 Å². The third-order valence-electron chi connectivity index (χ3n) is 4.19. The predicted molar refractivity (Wildman–Crippen MR) is 120 cm³/mol. The highest BCUT2D eigenvalue weighted by atomic mass is 16.5. The molecular formula is C23H22N4O6. The van der Waals surface area contributed by atoms with Crippen LogP contribution >= 0.6 is 0 Å². The van der Waals surface area contributed by atoms with Crippen molar-refractivity contribution >= 4 is 29.6 Å². The molecule has 1 heterocycles. The van der Waals surface area contributed by atoms with Gasteiger partial charge in [-0.05, 0) is 54.1 Å². The van der Waals surface area contributed by atoms with Crippen LogP contribution in [0.3, 0.4) is 0 Å². The lowest BCUT2D eigenvalue weighted by Gasteiger charge is -2.08. The van der Waals surface area contributed by atoms with Gasteiger partial charge in [-0.1, -0.05) is 6.07 Å². The molecule has 0 saturated heterocycles. The third kappa shape index (κ3) is 7.55. The number of rotatable bonds is 9. The Kier molecular flexibility index (Phi) is 8.18. The zero-order chi connectivity index (χ0) is 23.5. The normalized spacial score (nSPS) is 10.5. The summed E-state index contributed by atoms with van der Waals surface area (Å²) in [5, 5.41) is 8.88. The molecule has 0 atom stereocenters. The van der Waals surface area contributed by atoms with Crippen molar-refractivity contribution < 1.29 is 28.3 Å². The van der Waals surface area contributed by atoms with Crippen LogP contribution in [0.4, 0.5) is 5.69 Å². The first-order chi connectivity index (χ1) is 16.0.